The second kappa shape index (κ2) is 5.57. The first-order chi connectivity index (χ1) is 9.08. The van der Waals surface area contributed by atoms with Crippen molar-refractivity contribution in [1.82, 2.24) is 5.32 Å². The van der Waals surface area contributed by atoms with E-state index in [0.29, 0.717) is 6.54 Å². The Hall–Kier alpha value is -1.62. The lowest BCUT2D eigenvalue weighted by Gasteiger charge is -2.37. The highest BCUT2D eigenvalue weighted by molar-refractivity contribution is 5.97. The molecule has 1 saturated carbocycles. The fourth-order valence-electron chi connectivity index (χ4n) is 2.65. The summed E-state index contributed by atoms with van der Waals surface area (Å²) >= 11 is 0. The number of benzene rings is 1. The van der Waals surface area contributed by atoms with Gasteiger partial charge in [0.2, 0.25) is 0 Å². The number of hydrogen-bond donors (Lipinski definition) is 3. The van der Waals surface area contributed by atoms with Crippen LogP contribution in [0.1, 0.15) is 42.5 Å². The van der Waals surface area contributed by atoms with Gasteiger partial charge in [0.25, 0.3) is 5.91 Å². The van der Waals surface area contributed by atoms with E-state index in [1.165, 1.54) is 12.1 Å². The Bertz CT molecular complexity index is 450. The van der Waals surface area contributed by atoms with E-state index in [9.17, 15) is 14.3 Å². The molecule has 0 spiro atoms. The number of nitrogens with one attached hydrogen (secondary N) is 1. The van der Waals surface area contributed by atoms with E-state index < -0.39 is 17.3 Å². The predicted molar refractivity (Wildman–Crippen MR) is 70.4 cm³/mol. The Morgan fingerprint density at radius 2 is 2.05 bits per heavy atom. The van der Waals surface area contributed by atoms with Gasteiger partial charge in [0.05, 0.1) is 5.54 Å². The molecule has 4 nitrogen and oxygen atoms in total. The average molecular weight is 266 g/mol. The zero-order chi connectivity index (χ0) is 13.9. The molecule has 2 rings (SSSR count). The van der Waals surface area contributed by atoms with Crippen LogP contribution in [-0.2, 0) is 0 Å². The van der Waals surface area contributed by atoms with Crippen molar-refractivity contribution in [2.45, 2.75) is 37.6 Å². The number of carbonyl (C=O) groups is 1. The molecule has 104 valence electrons. The summed E-state index contributed by atoms with van der Waals surface area (Å²) in [4.78, 5) is 12.2. The molecule has 1 aliphatic carbocycles. The Labute approximate surface area is 111 Å². The van der Waals surface area contributed by atoms with Gasteiger partial charge in [-0.2, -0.15) is 0 Å². The molecule has 0 radical (unpaired) electrons. The van der Waals surface area contributed by atoms with Gasteiger partial charge in [-0.1, -0.05) is 25.3 Å². The van der Waals surface area contributed by atoms with Crippen LogP contribution in [0.2, 0.25) is 0 Å². The summed E-state index contributed by atoms with van der Waals surface area (Å²) in [5.74, 6) is -1.66. The third-order valence-electron chi connectivity index (χ3n) is 3.80. The first-order valence-corrected chi connectivity index (χ1v) is 6.58. The van der Waals surface area contributed by atoms with Crippen LogP contribution < -0.4 is 11.1 Å². The molecule has 1 aromatic rings. The molecule has 0 saturated heterocycles. The van der Waals surface area contributed by atoms with Crippen molar-refractivity contribution < 1.29 is 14.3 Å². The molecule has 4 N–H and O–H groups in total. The van der Waals surface area contributed by atoms with Crippen LogP contribution in [0.3, 0.4) is 0 Å². The fourth-order valence-corrected chi connectivity index (χ4v) is 2.65. The number of rotatable bonds is 3. The van der Waals surface area contributed by atoms with E-state index in [1.54, 1.807) is 0 Å². The molecule has 5 heteroatoms. The molecule has 0 unspecified atom stereocenters. The van der Waals surface area contributed by atoms with Gasteiger partial charge in [-0.15, -0.1) is 0 Å². The Balaban J connectivity index is 2.20. The van der Waals surface area contributed by atoms with Crippen molar-refractivity contribution in [1.29, 1.82) is 0 Å². The molecule has 0 atom stereocenters. The van der Waals surface area contributed by atoms with Crippen LogP contribution in [0, 0.1) is 5.82 Å². The molecule has 0 aromatic heterocycles. The molecule has 1 aromatic carbocycles. The summed E-state index contributed by atoms with van der Waals surface area (Å²) in [5, 5.41) is 12.4. The zero-order valence-corrected chi connectivity index (χ0v) is 10.8. The molecule has 0 heterocycles. The summed E-state index contributed by atoms with van der Waals surface area (Å²) in [7, 11) is 0. The smallest absolute Gasteiger partial charge is 0.258 e. The van der Waals surface area contributed by atoms with Crippen LogP contribution in [-0.4, -0.2) is 23.1 Å². The van der Waals surface area contributed by atoms with Crippen molar-refractivity contribution in [3.05, 3.63) is 29.6 Å². The lowest BCUT2D eigenvalue weighted by molar-refractivity contribution is 0.0867. The Morgan fingerprint density at radius 1 is 1.37 bits per heavy atom. The van der Waals surface area contributed by atoms with E-state index in [1.807, 2.05) is 0 Å². The van der Waals surface area contributed by atoms with Gasteiger partial charge in [0.1, 0.15) is 17.1 Å². The van der Waals surface area contributed by atoms with Crippen LogP contribution in [0.5, 0.6) is 5.75 Å². The molecular formula is C14H19FN2O2. The molecule has 0 bridgehead atoms. The molecular weight excluding hydrogens is 247 g/mol. The second-order valence-electron chi connectivity index (χ2n) is 5.13. The predicted octanol–water partition coefficient (Wildman–Crippen LogP) is 1.92. The Kier molecular flexibility index (Phi) is 4.04. The number of nitrogens with two attached hydrogens (primary N) is 1. The summed E-state index contributed by atoms with van der Waals surface area (Å²) in [6.45, 7) is 0.327. The highest BCUT2D eigenvalue weighted by Crippen LogP contribution is 2.28. The number of phenols is 1. The summed E-state index contributed by atoms with van der Waals surface area (Å²) in [5.41, 5.74) is 5.00. The quantitative estimate of drug-likeness (QED) is 0.782. The summed E-state index contributed by atoms with van der Waals surface area (Å²) in [6, 6.07) is 3.82. The van der Waals surface area contributed by atoms with Crippen molar-refractivity contribution in [3.8, 4) is 5.75 Å². The van der Waals surface area contributed by atoms with E-state index in [0.717, 1.165) is 38.2 Å². The zero-order valence-electron chi connectivity index (χ0n) is 10.8. The molecule has 1 aliphatic rings. The van der Waals surface area contributed by atoms with Crippen molar-refractivity contribution in [2.24, 2.45) is 5.73 Å². The molecule has 1 fully saturated rings. The topological polar surface area (TPSA) is 75.3 Å². The lowest BCUT2D eigenvalue weighted by atomic mass is 9.81. The van der Waals surface area contributed by atoms with Crippen LogP contribution in [0.4, 0.5) is 4.39 Å². The summed E-state index contributed by atoms with van der Waals surface area (Å²) in [6.07, 6.45) is 4.72. The number of amides is 1. The van der Waals surface area contributed by atoms with Crippen molar-refractivity contribution in [2.75, 3.05) is 6.54 Å². The minimum Gasteiger partial charge on any atom is -0.507 e. The van der Waals surface area contributed by atoms with E-state index in [-0.39, 0.29) is 11.3 Å². The SMILES string of the molecule is NCC1(NC(=O)c2c(O)cccc2F)CCCCC1. The average Bonchev–Trinajstić information content (AvgIpc) is 2.39. The molecule has 19 heavy (non-hydrogen) atoms. The standard InChI is InChI=1S/C14H19FN2O2/c15-10-5-4-6-11(18)12(10)13(19)17-14(9-16)7-2-1-3-8-14/h4-6,18H,1-3,7-9,16H2,(H,17,19). The van der Waals surface area contributed by atoms with Gasteiger partial charge in [-0.3, -0.25) is 4.79 Å². The van der Waals surface area contributed by atoms with Crippen LogP contribution in [0.25, 0.3) is 0 Å². The number of phenolic OH excluding ortho intramolecular Hbond substituents is 1. The van der Waals surface area contributed by atoms with Crippen LogP contribution in [0.15, 0.2) is 18.2 Å². The normalized spacial score (nSPS) is 18.0. The van der Waals surface area contributed by atoms with Gasteiger partial charge in [-0.25, -0.2) is 4.39 Å². The van der Waals surface area contributed by atoms with Gasteiger partial charge in [0, 0.05) is 6.54 Å². The largest absolute Gasteiger partial charge is 0.507 e. The Morgan fingerprint density at radius 3 is 2.63 bits per heavy atom. The number of carbonyl (C=O) groups excluding carboxylic acids is 1. The molecule has 0 aliphatic heterocycles. The highest BCUT2D eigenvalue weighted by atomic mass is 19.1. The van der Waals surface area contributed by atoms with Crippen molar-refractivity contribution >= 4 is 5.91 Å². The van der Waals surface area contributed by atoms with Gasteiger partial charge < -0.3 is 16.2 Å². The maximum atomic E-state index is 13.6. The third-order valence-corrected chi connectivity index (χ3v) is 3.80. The fraction of sp³-hybridized carbons (Fsp3) is 0.500. The van der Waals surface area contributed by atoms with E-state index >= 15 is 0 Å². The second-order valence-corrected chi connectivity index (χ2v) is 5.13. The maximum Gasteiger partial charge on any atom is 0.258 e. The van der Waals surface area contributed by atoms with Crippen molar-refractivity contribution in [3.63, 3.8) is 0 Å². The minimum absolute atomic E-state index is 0.305. The lowest BCUT2D eigenvalue weighted by Crippen LogP contribution is -2.54. The number of aromatic hydroxyl groups is 1. The van der Waals surface area contributed by atoms with E-state index in [4.69, 9.17) is 5.73 Å². The number of hydrogen-bond acceptors (Lipinski definition) is 3. The first kappa shape index (κ1) is 13.8. The highest BCUT2D eigenvalue weighted by Gasteiger charge is 2.33. The summed E-state index contributed by atoms with van der Waals surface area (Å²) < 4.78 is 13.6. The third kappa shape index (κ3) is 2.87. The minimum atomic E-state index is -0.722. The first-order valence-electron chi connectivity index (χ1n) is 6.58. The van der Waals surface area contributed by atoms with Gasteiger partial charge in [-0.05, 0) is 25.0 Å². The maximum absolute atomic E-state index is 13.6. The van der Waals surface area contributed by atoms with E-state index in [2.05, 4.69) is 5.32 Å². The van der Waals surface area contributed by atoms with Gasteiger partial charge >= 0.3 is 0 Å². The molecule has 1 amide bonds. The monoisotopic (exact) mass is 266 g/mol. The number of halogens is 1. The van der Waals surface area contributed by atoms with Crippen LogP contribution >= 0.6 is 0 Å². The van der Waals surface area contributed by atoms with Gasteiger partial charge in [0.15, 0.2) is 0 Å².